The lowest BCUT2D eigenvalue weighted by Crippen LogP contribution is -2.44. The summed E-state index contributed by atoms with van der Waals surface area (Å²) in [4.78, 5) is 26.2. The Hall–Kier alpha value is -2.15. The molecule has 2 rings (SSSR count). The predicted octanol–water partition coefficient (Wildman–Crippen LogP) is 1.00. The standard InChI is InChI=1S/C14H19N3O4/c1-9(11-4-5-21-8-11)17-14(20)16-7-10-2-3-12(13(18)19)15-6-10/h2-3,6,9,11H,4-5,7-8H2,1H3,(H,18,19)(H2,16,17,20). The van der Waals surface area contributed by atoms with Gasteiger partial charge in [0.1, 0.15) is 5.69 Å². The van der Waals surface area contributed by atoms with Crippen LogP contribution in [0, 0.1) is 5.92 Å². The molecule has 0 bridgehead atoms. The quantitative estimate of drug-likeness (QED) is 0.752. The van der Waals surface area contributed by atoms with Gasteiger partial charge < -0.3 is 20.5 Å². The van der Waals surface area contributed by atoms with Gasteiger partial charge in [0, 0.05) is 31.3 Å². The Balaban J connectivity index is 1.76. The van der Waals surface area contributed by atoms with Crippen LogP contribution in [0.4, 0.5) is 4.79 Å². The molecule has 0 spiro atoms. The third-order valence-corrected chi connectivity index (χ3v) is 3.53. The molecule has 2 amide bonds. The Kier molecular flexibility index (Phi) is 5.10. The summed E-state index contributed by atoms with van der Waals surface area (Å²) >= 11 is 0. The number of rotatable bonds is 5. The number of nitrogens with zero attached hydrogens (tertiary/aromatic N) is 1. The molecule has 1 aromatic rings. The van der Waals surface area contributed by atoms with Gasteiger partial charge in [0.05, 0.1) is 6.61 Å². The smallest absolute Gasteiger partial charge is 0.354 e. The minimum atomic E-state index is -1.07. The van der Waals surface area contributed by atoms with Crippen molar-refractivity contribution in [3.05, 3.63) is 29.6 Å². The van der Waals surface area contributed by atoms with Crippen molar-refractivity contribution in [2.45, 2.75) is 25.9 Å². The number of urea groups is 1. The number of ether oxygens (including phenoxy) is 1. The highest BCUT2D eigenvalue weighted by Crippen LogP contribution is 2.16. The molecular weight excluding hydrogens is 274 g/mol. The molecule has 1 aliphatic heterocycles. The monoisotopic (exact) mass is 293 g/mol. The number of nitrogens with one attached hydrogen (secondary N) is 2. The molecule has 3 N–H and O–H groups in total. The highest BCUT2D eigenvalue weighted by Gasteiger charge is 2.23. The van der Waals surface area contributed by atoms with Gasteiger partial charge >= 0.3 is 12.0 Å². The van der Waals surface area contributed by atoms with E-state index in [4.69, 9.17) is 9.84 Å². The molecule has 0 radical (unpaired) electrons. The summed E-state index contributed by atoms with van der Waals surface area (Å²) in [5, 5.41) is 14.3. The third kappa shape index (κ3) is 4.42. The maximum atomic E-state index is 11.8. The maximum Gasteiger partial charge on any atom is 0.354 e. The van der Waals surface area contributed by atoms with E-state index in [0.29, 0.717) is 19.1 Å². The van der Waals surface area contributed by atoms with Gasteiger partial charge in [-0.1, -0.05) is 6.07 Å². The second kappa shape index (κ2) is 7.03. The zero-order valence-corrected chi connectivity index (χ0v) is 11.8. The second-order valence-corrected chi connectivity index (χ2v) is 5.10. The van der Waals surface area contributed by atoms with Crippen LogP contribution in [0.5, 0.6) is 0 Å². The molecule has 1 aromatic heterocycles. The Morgan fingerprint density at radius 2 is 2.33 bits per heavy atom. The van der Waals surface area contributed by atoms with Gasteiger partial charge in [-0.15, -0.1) is 0 Å². The van der Waals surface area contributed by atoms with Crippen molar-refractivity contribution in [2.24, 2.45) is 5.92 Å². The number of carboxylic acids is 1. The van der Waals surface area contributed by atoms with Crippen molar-refractivity contribution in [3.63, 3.8) is 0 Å². The molecule has 114 valence electrons. The lowest BCUT2D eigenvalue weighted by molar-refractivity contribution is 0.0690. The molecule has 0 aromatic carbocycles. The van der Waals surface area contributed by atoms with E-state index in [9.17, 15) is 9.59 Å². The maximum absolute atomic E-state index is 11.8. The van der Waals surface area contributed by atoms with E-state index in [1.54, 1.807) is 6.07 Å². The highest BCUT2D eigenvalue weighted by molar-refractivity contribution is 5.85. The molecule has 7 heteroatoms. The first-order valence-electron chi connectivity index (χ1n) is 6.86. The predicted molar refractivity (Wildman–Crippen MR) is 75.0 cm³/mol. The molecule has 0 aliphatic carbocycles. The van der Waals surface area contributed by atoms with Crippen LogP contribution in [0.3, 0.4) is 0 Å². The van der Waals surface area contributed by atoms with E-state index < -0.39 is 5.97 Å². The third-order valence-electron chi connectivity index (χ3n) is 3.53. The van der Waals surface area contributed by atoms with Crippen LogP contribution >= 0.6 is 0 Å². The summed E-state index contributed by atoms with van der Waals surface area (Å²) in [7, 11) is 0. The Morgan fingerprint density at radius 1 is 1.52 bits per heavy atom. The second-order valence-electron chi connectivity index (χ2n) is 5.10. The molecule has 1 saturated heterocycles. The Labute approximate surface area is 122 Å². The first-order chi connectivity index (χ1) is 10.1. The average molecular weight is 293 g/mol. The molecule has 0 saturated carbocycles. The summed E-state index contributed by atoms with van der Waals surface area (Å²) in [5.41, 5.74) is 0.727. The molecule has 1 fully saturated rings. The zero-order chi connectivity index (χ0) is 15.2. The van der Waals surface area contributed by atoms with E-state index in [2.05, 4.69) is 15.6 Å². The summed E-state index contributed by atoms with van der Waals surface area (Å²) in [5.74, 6) is -0.716. The number of carboxylic acid groups (broad SMARTS) is 1. The van der Waals surface area contributed by atoms with Gasteiger partial charge in [0.15, 0.2) is 0 Å². The first kappa shape index (κ1) is 15.2. The van der Waals surface area contributed by atoms with Gasteiger partial charge in [-0.3, -0.25) is 0 Å². The van der Waals surface area contributed by atoms with Crippen LogP contribution in [0.1, 0.15) is 29.4 Å². The number of aromatic nitrogens is 1. The van der Waals surface area contributed by atoms with Gasteiger partial charge in [-0.25, -0.2) is 14.6 Å². The van der Waals surface area contributed by atoms with Crippen LogP contribution in [0.2, 0.25) is 0 Å². The van der Waals surface area contributed by atoms with Gasteiger partial charge in [-0.2, -0.15) is 0 Å². The van der Waals surface area contributed by atoms with E-state index in [1.807, 2.05) is 6.92 Å². The van der Waals surface area contributed by atoms with Crippen LogP contribution in [-0.2, 0) is 11.3 Å². The summed E-state index contributed by atoms with van der Waals surface area (Å²) < 4.78 is 5.29. The van der Waals surface area contributed by atoms with E-state index in [-0.39, 0.29) is 17.8 Å². The minimum absolute atomic E-state index is 0.0157. The Morgan fingerprint density at radius 3 is 2.90 bits per heavy atom. The summed E-state index contributed by atoms with van der Waals surface area (Å²) in [6, 6.07) is 2.84. The van der Waals surface area contributed by atoms with Gasteiger partial charge in [0.2, 0.25) is 0 Å². The summed E-state index contributed by atoms with van der Waals surface area (Å²) in [6.07, 6.45) is 2.40. The molecule has 1 aliphatic rings. The lowest BCUT2D eigenvalue weighted by Gasteiger charge is -2.19. The van der Waals surface area contributed by atoms with Crippen LogP contribution < -0.4 is 10.6 Å². The molecular formula is C14H19N3O4. The topological polar surface area (TPSA) is 101 Å². The van der Waals surface area contributed by atoms with Crippen LogP contribution in [0.15, 0.2) is 18.3 Å². The number of aromatic carboxylic acids is 1. The SMILES string of the molecule is CC(NC(=O)NCc1ccc(C(=O)O)nc1)C1CCOC1. The first-order valence-corrected chi connectivity index (χ1v) is 6.86. The average Bonchev–Trinajstić information content (AvgIpc) is 3.00. The van der Waals surface area contributed by atoms with Gasteiger partial charge in [-0.05, 0) is 25.0 Å². The number of amides is 2. The number of carbonyl (C=O) groups is 2. The molecule has 7 nitrogen and oxygen atoms in total. The van der Waals surface area contributed by atoms with Crippen molar-refractivity contribution in [1.82, 2.24) is 15.6 Å². The largest absolute Gasteiger partial charge is 0.477 e. The molecule has 2 heterocycles. The molecule has 21 heavy (non-hydrogen) atoms. The fourth-order valence-corrected chi connectivity index (χ4v) is 2.16. The fourth-order valence-electron chi connectivity index (χ4n) is 2.16. The minimum Gasteiger partial charge on any atom is -0.477 e. The zero-order valence-electron chi connectivity index (χ0n) is 11.8. The molecule has 2 atom stereocenters. The van der Waals surface area contributed by atoms with Crippen molar-refractivity contribution in [2.75, 3.05) is 13.2 Å². The van der Waals surface area contributed by atoms with Crippen LogP contribution in [0.25, 0.3) is 0 Å². The fraction of sp³-hybridized carbons (Fsp3) is 0.500. The molecule has 2 unspecified atom stereocenters. The van der Waals surface area contributed by atoms with Crippen molar-refractivity contribution in [1.29, 1.82) is 0 Å². The van der Waals surface area contributed by atoms with E-state index >= 15 is 0 Å². The van der Waals surface area contributed by atoms with Gasteiger partial charge in [0.25, 0.3) is 0 Å². The van der Waals surface area contributed by atoms with E-state index in [1.165, 1.54) is 12.3 Å². The number of hydrogen-bond acceptors (Lipinski definition) is 4. The lowest BCUT2D eigenvalue weighted by atomic mass is 10.0. The number of hydrogen-bond donors (Lipinski definition) is 3. The van der Waals surface area contributed by atoms with Crippen molar-refractivity contribution in [3.8, 4) is 0 Å². The van der Waals surface area contributed by atoms with Crippen molar-refractivity contribution >= 4 is 12.0 Å². The highest BCUT2D eigenvalue weighted by atomic mass is 16.5. The van der Waals surface area contributed by atoms with E-state index in [0.717, 1.165) is 18.6 Å². The summed E-state index contributed by atoms with van der Waals surface area (Å²) in [6.45, 7) is 3.69. The Bertz CT molecular complexity index is 497. The van der Waals surface area contributed by atoms with Crippen LogP contribution in [-0.4, -0.2) is 41.3 Å². The normalized spacial score (nSPS) is 19.0. The number of carbonyl (C=O) groups excluding carboxylic acids is 1. The number of pyridine rings is 1. The van der Waals surface area contributed by atoms with Crippen molar-refractivity contribution < 1.29 is 19.4 Å².